The number of nitrogens with one attached hydrogen (secondary N) is 3. The molecule has 24 nitrogen and oxygen atoms in total. The van der Waals surface area contributed by atoms with Crippen LogP contribution in [0, 0.1) is 30.5 Å². The summed E-state index contributed by atoms with van der Waals surface area (Å²) in [7, 11) is 9.95. The highest BCUT2D eigenvalue weighted by Gasteiger charge is 2.52. The first-order valence-corrected chi connectivity index (χ1v) is 35.7. The second-order valence-electron chi connectivity index (χ2n) is 29.3. The number of nitrogens with zero attached hydrogens (tertiary/aromatic N) is 9. The third kappa shape index (κ3) is 18.5. The van der Waals surface area contributed by atoms with Crippen molar-refractivity contribution in [2.75, 3.05) is 75.5 Å². The van der Waals surface area contributed by atoms with Crippen molar-refractivity contribution in [2.45, 2.75) is 224 Å². The number of carbonyl (C=O) groups is 12. The van der Waals surface area contributed by atoms with Crippen LogP contribution in [0.2, 0.25) is 0 Å². The molecule has 3 aliphatic heterocycles. The van der Waals surface area contributed by atoms with E-state index in [2.05, 4.69) is 16.0 Å². The van der Waals surface area contributed by atoms with Crippen LogP contribution in [-0.4, -0.2) is 250 Å². The largest absolute Gasteiger partial charge is 0.419 e. The molecule has 2 saturated carbocycles. The highest BCUT2D eigenvalue weighted by atomic mass is 19.4. The van der Waals surface area contributed by atoms with Gasteiger partial charge in [0.25, 0.3) is 0 Å². The quantitative estimate of drug-likeness (QED) is 0.235. The summed E-state index contributed by atoms with van der Waals surface area (Å²) in [5.41, 5.74) is -1.52. The van der Waals surface area contributed by atoms with Crippen LogP contribution < -0.4 is 16.0 Å². The molecule has 2 aromatic carbocycles. The van der Waals surface area contributed by atoms with E-state index >= 15 is 33.2 Å². The van der Waals surface area contributed by atoms with E-state index in [1.807, 2.05) is 39.8 Å². The molecule has 558 valence electrons. The van der Waals surface area contributed by atoms with Crippen LogP contribution in [0.5, 0.6) is 0 Å². The van der Waals surface area contributed by atoms with Crippen molar-refractivity contribution in [2.24, 2.45) is 17.8 Å². The molecular formula is C73H106F4N12O12. The van der Waals surface area contributed by atoms with Gasteiger partial charge in [-0.1, -0.05) is 95.7 Å². The van der Waals surface area contributed by atoms with E-state index in [4.69, 9.17) is 0 Å². The molecule has 5 fully saturated rings. The summed E-state index contributed by atoms with van der Waals surface area (Å²) < 4.78 is 56.3. The maximum Gasteiger partial charge on any atom is 0.419 e. The Morgan fingerprint density at radius 2 is 1.30 bits per heavy atom. The third-order valence-electron chi connectivity index (χ3n) is 21.6. The Morgan fingerprint density at radius 1 is 0.673 bits per heavy atom. The van der Waals surface area contributed by atoms with Crippen molar-refractivity contribution < 1.29 is 75.1 Å². The molecule has 3 saturated heterocycles. The summed E-state index contributed by atoms with van der Waals surface area (Å²) in [5.74, 6) is -10.9. The Hall–Kier alpha value is -8.20. The van der Waals surface area contributed by atoms with Crippen LogP contribution in [-0.2, 0) is 76.6 Å². The molecule has 28 heteroatoms. The number of rotatable bonds is 12. The molecule has 0 radical (unpaired) electrons. The fourth-order valence-electron chi connectivity index (χ4n) is 15.0. The lowest BCUT2D eigenvalue weighted by molar-refractivity contribution is -0.161. The van der Waals surface area contributed by atoms with Crippen LogP contribution in [0.25, 0.3) is 0 Å². The smallest absolute Gasteiger partial charge is 0.347 e. The number of amides is 12. The first kappa shape index (κ1) is 80.1. The van der Waals surface area contributed by atoms with Crippen LogP contribution >= 0.6 is 0 Å². The average molecular weight is 1420 g/mol. The molecule has 3 N–H and O–H groups in total. The summed E-state index contributed by atoms with van der Waals surface area (Å²) in [6.45, 7) is 11.6. The van der Waals surface area contributed by atoms with Crippen molar-refractivity contribution in [1.29, 1.82) is 0 Å². The Morgan fingerprint density at radius 3 is 1.86 bits per heavy atom. The Labute approximate surface area is 591 Å². The van der Waals surface area contributed by atoms with Gasteiger partial charge in [-0.25, -0.2) is 4.39 Å². The molecule has 7 rings (SSSR count). The molecule has 0 aromatic heterocycles. The van der Waals surface area contributed by atoms with E-state index in [0.29, 0.717) is 49.8 Å². The molecule has 5 aliphatic rings. The van der Waals surface area contributed by atoms with Crippen LogP contribution in [0.3, 0.4) is 0 Å². The van der Waals surface area contributed by atoms with Gasteiger partial charge in [0.05, 0.1) is 18.5 Å². The minimum absolute atomic E-state index is 0.0171. The molecule has 2 aliphatic carbocycles. The van der Waals surface area contributed by atoms with Gasteiger partial charge in [0.2, 0.25) is 70.9 Å². The molecule has 101 heavy (non-hydrogen) atoms. The van der Waals surface area contributed by atoms with Crippen molar-refractivity contribution >= 4 is 70.9 Å². The summed E-state index contributed by atoms with van der Waals surface area (Å²) in [4.78, 5) is 191. The number of halogens is 4. The van der Waals surface area contributed by atoms with Gasteiger partial charge in [-0.15, -0.1) is 0 Å². The monoisotopic (exact) mass is 1420 g/mol. The van der Waals surface area contributed by atoms with Crippen molar-refractivity contribution in [3.8, 4) is 0 Å². The zero-order chi connectivity index (χ0) is 74.9. The highest BCUT2D eigenvalue weighted by Crippen LogP contribution is 2.38. The predicted octanol–water partition coefficient (Wildman–Crippen LogP) is 5.10. The van der Waals surface area contributed by atoms with Gasteiger partial charge in [-0.05, 0) is 126 Å². The lowest BCUT2D eigenvalue weighted by atomic mass is 9.90. The first-order chi connectivity index (χ1) is 47.5. The average Bonchev–Trinajstić information content (AvgIpc) is 1.75. The molecule has 0 unspecified atom stereocenters. The predicted molar refractivity (Wildman–Crippen MR) is 368 cm³/mol. The SMILES string of the molecule is CC[C@H](C)[C@@H]1NC(=O)[C@H](CC(C)C)N(C)C(=O)C[C@@H](C(=O)N(C)C)N(C)C(=O)[C@H](C2CCCC2)N(C)C(=O)C2(CCCC2)NC(=O)[C@@H]2CCCN2C(=O)[C@H](CCc2ccc(C(F)(F)F)c(F)c2)NC(=O)CN(C)C(=O)[C@H](Cc2ccc(C)cc2)N(CC)C(=O)[C@@H]2CCN2C(=O)[C@H](C)N(C)C1=O. The zero-order valence-corrected chi connectivity index (χ0v) is 61.3. The van der Waals surface area contributed by atoms with Gasteiger partial charge in [0, 0.05) is 75.4 Å². The van der Waals surface area contributed by atoms with Crippen molar-refractivity contribution in [3.63, 3.8) is 0 Å². The number of likely N-dealkylation sites (N-methyl/N-ethyl adjacent to an activating group) is 7. The van der Waals surface area contributed by atoms with Gasteiger partial charge >= 0.3 is 6.18 Å². The molecule has 1 spiro atoms. The van der Waals surface area contributed by atoms with Gasteiger partial charge in [-0.2, -0.15) is 13.2 Å². The molecule has 0 bridgehead atoms. The van der Waals surface area contributed by atoms with Gasteiger partial charge in [0.15, 0.2) is 0 Å². The number of carbonyl (C=O) groups excluding carboxylic acids is 12. The van der Waals surface area contributed by atoms with E-state index in [1.165, 1.54) is 95.5 Å². The number of hydrogen-bond donors (Lipinski definition) is 3. The number of fused-ring (bicyclic) bond motifs is 2. The van der Waals surface area contributed by atoms with Crippen LogP contribution in [0.1, 0.15) is 160 Å². The molecule has 2 aromatic rings. The molecule has 10 atom stereocenters. The zero-order valence-electron chi connectivity index (χ0n) is 61.3. The highest BCUT2D eigenvalue weighted by molar-refractivity contribution is 6.01. The van der Waals surface area contributed by atoms with E-state index in [-0.39, 0.29) is 88.9 Å². The van der Waals surface area contributed by atoms with E-state index in [1.54, 1.807) is 26.0 Å². The molecule has 12 amide bonds. The van der Waals surface area contributed by atoms with Crippen LogP contribution in [0.4, 0.5) is 17.6 Å². The van der Waals surface area contributed by atoms with Gasteiger partial charge < -0.3 is 60.0 Å². The Kier molecular flexibility index (Phi) is 27.1. The topological polar surface area (TPSA) is 270 Å². The lowest BCUT2D eigenvalue weighted by Gasteiger charge is -2.45. The van der Waals surface area contributed by atoms with E-state index < -0.39 is 173 Å². The maximum absolute atomic E-state index is 15.6. The first-order valence-electron chi connectivity index (χ1n) is 35.7. The summed E-state index contributed by atoms with van der Waals surface area (Å²) in [6, 6.07) is -1.91. The number of benzene rings is 2. The Bertz CT molecular complexity index is 3380. The van der Waals surface area contributed by atoms with Crippen molar-refractivity contribution in [1.82, 2.24) is 60.0 Å². The van der Waals surface area contributed by atoms with E-state index in [9.17, 15) is 41.9 Å². The summed E-state index contributed by atoms with van der Waals surface area (Å²) in [5, 5.41) is 8.64. The van der Waals surface area contributed by atoms with Crippen molar-refractivity contribution in [3.05, 3.63) is 70.5 Å². The minimum Gasteiger partial charge on any atom is -0.347 e. The summed E-state index contributed by atoms with van der Waals surface area (Å²) >= 11 is 0. The third-order valence-corrected chi connectivity index (χ3v) is 21.6. The number of hydrogen-bond acceptors (Lipinski definition) is 12. The summed E-state index contributed by atoms with van der Waals surface area (Å²) in [6.07, 6.45) is -1.45. The minimum atomic E-state index is -5.01. The van der Waals surface area contributed by atoms with Gasteiger partial charge in [0.1, 0.15) is 65.7 Å². The Balaban J connectivity index is 1.31. The maximum atomic E-state index is 15.6. The van der Waals surface area contributed by atoms with E-state index in [0.717, 1.165) is 29.4 Å². The number of aryl methyl sites for hydroxylation is 2. The fourth-order valence-corrected chi connectivity index (χ4v) is 15.0. The number of alkyl halides is 3. The second kappa shape index (κ2) is 34.2. The standard InChI is InChI=1S/C73H106F4N12O12/c1-15-45(6)60-69(99)83(11)46(7)64(94)89-37-33-54(89)68(98)87(16-2)57(40-48-27-25-44(5)26-28-48)67(97)82(10)42-58(90)78-52(32-30-47-29-31-50(51(74)39-47)73(75,76)77)65(95)88-36-21-24-53(88)63(93)80-72(34-19-20-35-72)71(101)86(14)61(49-22-17-18-23-49)70(100)85(13)56(66(96)81(8)9)41-59(91)84(12)55(38-43(3)4)62(92)79-60/h25-29,31,39,43,45-46,49,52-57,60-61H,15-24,30,32-38,40-42H2,1-14H3,(H,78,90)(H,79,92)(H,80,93)/t45-,46-,52-,53-,54-,55-,56-,57-,60-,61-/m0/s1. The normalized spacial score (nSPS) is 26.5. The molecular weight excluding hydrogens is 1310 g/mol. The second-order valence-corrected chi connectivity index (χ2v) is 29.3. The molecule has 3 heterocycles. The van der Waals surface area contributed by atoms with Gasteiger partial charge in [-0.3, -0.25) is 57.5 Å². The lowest BCUT2D eigenvalue weighted by Crippen LogP contribution is -2.65. The fraction of sp³-hybridized carbons (Fsp3) is 0.671. The van der Waals surface area contributed by atoms with Crippen LogP contribution in [0.15, 0.2) is 42.5 Å².